The number of fused-ring (bicyclic) bond motifs is 4. The predicted octanol–water partition coefficient (Wildman–Crippen LogP) is 11.7. The highest BCUT2D eigenvalue weighted by Gasteiger charge is 2.25. The van der Waals surface area contributed by atoms with Crippen molar-refractivity contribution >= 4 is 66.3 Å². The Hall–Kier alpha value is -5.39. The third kappa shape index (κ3) is 6.60. The largest absolute Gasteiger partial charge is 0.506 e. The molecule has 4 aromatic carbocycles. The summed E-state index contributed by atoms with van der Waals surface area (Å²) >= 11 is 15.6. The lowest BCUT2D eigenvalue weighted by molar-refractivity contribution is 0.415. The summed E-state index contributed by atoms with van der Waals surface area (Å²) in [4.78, 5) is 32.2. The molecule has 12 heteroatoms. The molecule has 0 saturated heterocycles. The van der Waals surface area contributed by atoms with E-state index in [0.29, 0.717) is 51.5 Å². The molecule has 286 valence electrons. The number of H-pyrrole nitrogens is 2. The molecule has 7 nitrogen and oxygen atoms in total. The van der Waals surface area contributed by atoms with Crippen molar-refractivity contribution in [3.63, 3.8) is 0 Å². The van der Waals surface area contributed by atoms with Crippen LogP contribution >= 0.6 is 45.9 Å². The van der Waals surface area contributed by atoms with Crippen LogP contribution in [0, 0.1) is 5.82 Å². The van der Waals surface area contributed by atoms with Crippen LogP contribution in [0.25, 0.3) is 64.9 Å². The Morgan fingerprint density at radius 3 is 1.56 bits per heavy atom. The second-order valence-electron chi connectivity index (χ2n) is 14.2. The number of aromatic hydroxyl groups is 2. The molecule has 0 bridgehead atoms. The van der Waals surface area contributed by atoms with Crippen LogP contribution < -0.4 is 15.9 Å². The van der Waals surface area contributed by atoms with E-state index in [-0.39, 0.29) is 28.2 Å². The Bertz CT molecular complexity index is 3020. The lowest BCUT2D eigenvalue weighted by atomic mass is 9.98. The Balaban J connectivity index is 0.000000148. The van der Waals surface area contributed by atoms with Gasteiger partial charge >= 0.3 is 0 Å². The van der Waals surface area contributed by atoms with E-state index in [2.05, 4.69) is 34.2 Å². The predicted molar refractivity (Wildman–Crippen MR) is 231 cm³/mol. The molecule has 0 atom stereocenters. The number of aromatic nitrogens is 2. The second-order valence-corrected chi connectivity index (χ2v) is 17.4. The second kappa shape index (κ2) is 14.8. The molecule has 2 aliphatic rings. The maximum atomic E-state index is 13.3. The van der Waals surface area contributed by atoms with Crippen molar-refractivity contribution in [1.82, 2.24) is 9.97 Å². The summed E-state index contributed by atoms with van der Waals surface area (Å²) in [5.41, 5.74) is 9.29. The zero-order chi connectivity index (χ0) is 39.5. The third-order valence-electron chi connectivity index (χ3n) is 10.9. The first-order chi connectivity index (χ1) is 27.6. The minimum absolute atomic E-state index is 0.0596. The molecule has 4 N–H and O–H groups in total. The van der Waals surface area contributed by atoms with Crippen molar-refractivity contribution < 1.29 is 19.3 Å². The number of rotatable bonds is 5. The van der Waals surface area contributed by atoms with Gasteiger partial charge in [0.15, 0.2) is 0 Å². The van der Waals surface area contributed by atoms with E-state index < -0.39 is 11.4 Å². The molecule has 2 aliphatic carbocycles. The van der Waals surface area contributed by atoms with Gasteiger partial charge in [-0.2, -0.15) is 0 Å². The molecule has 10 rings (SSSR count). The van der Waals surface area contributed by atoms with Crippen LogP contribution in [0.1, 0.15) is 35.1 Å². The fourth-order valence-electron chi connectivity index (χ4n) is 8.13. The number of nitrogens with one attached hydrogen (secondary N) is 2. The van der Waals surface area contributed by atoms with Crippen LogP contribution in [-0.2, 0) is 25.7 Å². The van der Waals surface area contributed by atoms with Crippen LogP contribution in [0.3, 0.4) is 0 Å². The molecule has 0 fully saturated rings. The number of thiophene rings is 2. The zero-order valence-electron chi connectivity index (χ0n) is 30.4. The van der Waals surface area contributed by atoms with Gasteiger partial charge in [0.1, 0.15) is 41.4 Å². The first kappa shape index (κ1) is 37.2. The van der Waals surface area contributed by atoms with E-state index in [0.717, 1.165) is 55.2 Å². The number of hydrogen-bond donors (Lipinski definition) is 4. The van der Waals surface area contributed by atoms with Crippen molar-refractivity contribution in [2.45, 2.75) is 38.5 Å². The average molecular weight is 836 g/mol. The van der Waals surface area contributed by atoms with Gasteiger partial charge < -0.3 is 24.9 Å². The highest BCUT2D eigenvalue weighted by atomic mass is 35.5. The molecule has 0 saturated carbocycles. The summed E-state index contributed by atoms with van der Waals surface area (Å²) in [6.45, 7) is 0. The zero-order valence-corrected chi connectivity index (χ0v) is 33.5. The fourth-order valence-corrected chi connectivity index (χ4v) is 10.9. The molecular weight excluding hydrogens is 803 g/mol. The molecule has 0 aliphatic heterocycles. The molecule has 8 aromatic rings. The smallest absolute Gasteiger partial charge is 0.260 e. The number of methoxy groups -OCH3 is 1. The summed E-state index contributed by atoms with van der Waals surface area (Å²) < 4.78 is 19.6. The van der Waals surface area contributed by atoms with Gasteiger partial charge in [-0.3, -0.25) is 9.59 Å². The van der Waals surface area contributed by atoms with Crippen molar-refractivity contribution in [1.29, 1.82) is 0 Å². The summed E-state index contributed by atoms with van der Waals surface area (Å²) in [6, 6.07) is 25.2. The van der Waals surface area contributed by atoms with Crippen LogP contribution in [0.2, 0.25) is 8.67 Å². The molecule has 4 heterocycles. The standard InChI is InChI=1S/C23H18ClNO3S.C22H15ClFNO2S/c1-28-16-7-3-6-14(11-16)18-20(26)19-17(21(24)29-23(19)25-22(18)27)15-9-8-12-4-2-5-13(12)10-15;23-20-16(14-5-4-11-2-1-3-13(11)10-14)18-19(26)17(21(27)25-22(18)28-20)12-6-8-15(24)9-7-12/h3,6-11H,2,4-5H2,1H3,(H2,25,26,27);4-10H,1-3H2,(H2,25,26,27). The Kier molecular flexibility index (Phi) is 9.69. The summed E-state index contributed by atoms with van der Waals surface area (Å²) in [5.74, 6) is 0.0152. The number of benzene rings is 4. The van der Waals surface area contributed by atoms with E-state index in [9.17, 15) is 24.2 Å². The minimum atomic E-state index is -0.435. The van der Waals surface area contributed by atoms with Crippen LogP contribution in [0.5, 0.6) is 17.2 Å². The monoisotopic (exact) mass is 834 g/mol. The van der Waals surface area contributed by atoms with Crippen LogP contribution in [0.15, 0.2) is 94.5 Å². The maximum Gasteiger partial charge on any atom is 0.260 e. The Morgan fingerprint density at radius 1 is 0.596 bits per heavy atom. The lowest BCUT2D eigenvalue weighted by Gasteiger charge is -2.10. The van der Waals surface area contributed by atoms with Crippen LogP contribution in [0.4, 0.5) is 4.39 Å². The highest BCUT2D eigenvalue weighted by molar-refractivity contribution is 7.23. The normalized spacial score (nSPS) is 13.1. The van der Waals surface area contributed by atoms with E-state index in [1.165, 1.54) is 69.2 Å². The van der Waals surface area contributed by atoms with E-state index in [1.54, 1.807) is 31.4 Å². The van der Waals surface area contributed by atoms with Gasteiger partial charge in [-0.1, -0.05) is 83.9 Å². The van der Waals surface area contributed by atoms with Crippen molar-refractivity contribution in [2.75, 3.05) is 7.11 Å². The molecule has 0 unspecified atom stereocenters. The first-order valence-corrected chi connectivity index (χ1v) is 20.8. The molecule has 0 spiro atoms. The van der Waals surface area contributed by atoms with E-state index in [1.807, 2.05) is 12.1 Å². The maximum absolute atomic E-state index is 13.3. The fraction of sp³-hybridized carbons (Fsp3) is 0.156. The molecular formula is C45H33Cl2FN2O5S2. The van der Waals surface area contributed by atoms with E-state index >= 15 is 0 Å². The van der Waals surface area contributed by atoms with Gasteiger partial charge in [0.2, 0.25) is 0 Å². The van der Waals surface area contributed by atoms with Crippen molar-refractivity contribution in [3.8, 4) is 61.8 Å². The number of hydrogen-bond acceptors (Lipinski definition) is 7. The van der Waals surface area contributed by atoms with Gasteiger partial charge in [-0.15, -0.1) is 22.7 Å². The summed E-state index contributed by atoms with van der Waals surface area (Å²) in [6.07, 6.45) is 6.58. The molecule has 4 aromatic heterocycles. The van der Waals surface area contributed by atoms with Gasteiger partial charge in [0.05, 0.1) is 29.0 Å². The van der Waals surface area contributed by atoms with Gasteiger partial charge in [0, 0.05) is 11.1 Å². The number of halogens is 3. The minimum Gasteiger partial charge on any atom is -0.506 e. The van der Waals surface area contributed by atoms with Crippen LogP contribution in [-0.4, -0.2) is 27.3 Å². The van der Waals surface area contributed by atoms with Gasteiger partial charge in [-0.05, 0) is 107 Å². The van der Waals surface area contributed by atoms with Crippen molar-refractivity contribution in [3.05, 3.63) is 142 Å². The van der Waals surface area contributed by atoms with Gasteiger partial charge in [-0.25, -0.2) is 4.39 Å². The summed E-state index contributed by atoms with van der Waals surface area (Å²) in [7, 11) is 1.57. The number of pyridine rings is 2. The quantitative estimate of drug-likeness (QED) is 0.138. The topological polar surface area (TPSA) is 115 Å². The highest BCUT2D eigenvalue weighted by Crippen LogP contribution is 2.49. The van der Waals surface area contributed by atoms with Gasteiger partial charge in [0.25, 0.3) is 11.1 Å². The van der Waals surface area contributed by atoms with E-state index in [4.69, 9.17) is 27.9 Å². The number of ether oxygens (including phenoxy) is 1. The number of aromatic amines is 2. The molecule has 57 heavy (non-hydrogen) atoms. The van der Waals surface area contributed by atoms with Crippen molar-refractivity contribution in [2.24, 2.45) is 0 Å². The number of aryl methyl sites for hydroxylation is 4. The SMILES string of the molecule is COc1cccc(-c2c(O)c3c(-c4ccc5c(c4)CCC5)c(Cl)sc3[nH]c2=O)c1.O=c1[nH]c2sc(Cl)c(-c3ccc4c(c3)CCC4)c2c(O)c1-c1ccc(F)cc1. The average Bonchev–Trinajstić information content (AvgIpc) is 4.00. The molecule has 0 amide bonds. The molecule has 0 radical (unpaired) electrons. The Morgan fingerprint density at radius 2 is 1.05 bits per heavy atom. The first-order valence-electron chi connectivity index (χ1n) is 18.4. The lowest BCUT2D eigenvalue weighted by Crippen LogP contribution is -2.08. The summed E-state index contributed by atoms with van der Waals surface area (Å²) in [5, 5.41) is 23.3. The Labute approximate surface area is 343 Å². The third-order valence-corrected chi connectivity index (χ3v) is 13.5.